The van der Waals surface area contributed by atoms with Crippen LogP contribution in [0, 0.1) is 5.92 Å². The molecule has 0 bridgehead atoms. The molecule has 1 aliphatic heterocycles. The first-order valence-electron chi connectivity index (χ1n) is 5.38. The maximum Gasteiger partial charge on any atom is 0.321 e. The monoisotopic (exact) mass is 243 g/mol. The molecular weight excluding hydrogens is 226 g/mol. The van der Waals surface area contributed by atoms with Crippen LogP contribution in [0.3, 0.4) is 0 Å². The van der Waals surface area contributed by atoms with Gasteiger partial charge in [-0.05, 0) is 13.0 Å². The summed E-state index contributed by atoms with van der Waals surface area (Å²) in [5.74, 6) is -0.804. The van der Waals surface area contributed by atoms with Crippen molar-refractivity contribution in [2.45, 2.75) is 6.42 Å². The molecule has 0 aliphatic carbocycles. The van der Waals surface area contributed by atoms with Gasteiger partial charge in [0.05, 0.1) is 19.6 Å². The van der Waals surface area contributed by atoms with Gasteiger partial charge < -0.3 is 10.1 Å². The summed E-state index contributed by atoms with van der Waals surface area (Å²) < 4.78 is 4.64. The summed E-state index contributed by atoms with van der Waals surface area (Å²) in [4.78, 5) is 35.3. The van der Waals surface area contributed by atoms with E-state index in [4.69, 9.17) is 0 Å². The molecule has 3 amide bonds. The van der Waals surface area contributed by atoms with Crippen LogP contribution in [0.25, 0.3) is 0 Å². The molecule has 2 N–H and O–H groups in total. The number of rotatable bonds is 3. The third-order valence-corrected chi connectivity index (χ3v) is 2.65. The van der Waals surface area contributed by atoms with E-state index < -0.39 is 6.03 Å². The number of amides is 3. The molecule has 7 nitrogen and oxygen atoms in total. The molecule has 1 atom stereocenters. The molecule has 7 heteroatoms. The first-order chi connectivity index (χ1) is 8.06. The fraction of sp³-hybridized carbons (Fsp3) is 0.700. The smallest absolute Gasteiger partial charge is 0.321 e. The normalized spacial score (nSPS) is 19.8. The van der Waals surface area contributed by atoms with Crippen LogP contribution in [0.4, 0.5) is 4.79 Å². The molecule has 1 unspecified atom stereocenters. The maximum absolute atomic E-state index is 11.4. The van der Waals surface area contributed by atoms with E-state index in [1.54, 1.807) is 0 Å². The molecule has 0 aromatic carbocycles. The van der Waals surface area contributed by atoms with Gasteiger partial charge in [0.2, 0.25) is 5.91 Å². The molecule has 1 saturated heterocycles. The van der Waals surface area contributed by atoms with Crippen molar-refractivity contribution in [3.05, 3.63) is 0 Å². The topological polar surface area (TPSA) is 87.7 Å². The zero-order chi connectivity index (χ0) is 12.8. The molecule has 96 valence electrons. The van der Waals surface area contributed by atoms with Gasteiger partial charge in [-0.1, -0.05) is 0 Å². The van der Waals surface area contributed by atoms with Crippen LogP contribution < -0.4 is 10.6 Å². The van der Waals surface area contributed by atoms with E-state index in [0.717, 1.165) is 0 Å². The van der Waals surface area contributed by atoms with Gasteiger partial charge >= 0.3 is 12.0 Å². The number of esters is 1. The van der Waals surface area contributed by atoms with Crippen molar-refractivity contribution in [3.8, 4) is 0 Å². The molecule has 1 aliphatic rings. The predicted molar refractivity (Wildman–Crippen MR) is 59.2 cm³/mol. The molecule has 0 saturated carbocycles. The molecule has 1 heterocycles. The van der Waals surface area contributed by atoms with Crippen molar-refractivity contribution in [1.82, 2.24) is 15.5 Å². The molecule has 0 aromatic rings. The Kier molecular flexibility index (Phi) is 4.89. The van der Waals surface area contributed by atoms with Gasteiger partial charge in [0.1, 0.15) is 0 Å². The lowest BCUT2D eigenvalue weighted by Crippen LogP contribution is -2.43. The Morgan fingerprint density at radius 1 is 1.41 bits per heavy atom. The average molecular weight is 243 g/mol. The van der Waals surface area contributed by atoms with Crippen molar-refractivity contribution in [2.75, 3.05) is 33.8 Å². The van der Waals surface area contributed by atoms with Crippen LogP contribution in [-0.4, -0.2) is 56.6 Å². The zero-order valence-electron chi connectivity index (χ0n) is 9.99. The number of carbonyl (C=O) groups excluding carboxylic acids is 3. The van der Waals surface area contributed by atoms with Gasteiger partial charge in [0.15, 0.2) is 0 Å². The minimum atomic E-state index is -0.529. The van der Waals surface area contributed by atoms with Crippen LogP contribution in [0.15, 0.2) is 0 Å². The molecule has 0 aromatic heterocycles. The third-order valence-electron chi connectivity index (χ3n) is 2.65. The first-order valence-corrected chi connectivity index (χ1v) is 5.38. The first kappa shape index (κ1) is 13.4. The van der Waals surface area contributed by atoms with E-state index in [2.05, 4.69) is 15.4 Å². The summed E-state index contributed by atoms with van der Waals surface area (Å²) in [5, 5.41) is 4.46. The van der Waals surface area contributed by atoms with Gasteiger partial charge in [0.25, 0.3) is 0 Å². The summed E-state index contributed by atoms with van der Waals surface area (Å²) in [6, 6.07) is -0.529. The fourth-order valence-corrected chi connectivity index (χ4v) is 1.77. The van der Waals surface area contributed by atoms with Crippen LogP contribution in [0.1, 0.15) is 6.42 Å². The third kappa shape index (κ3) is 4.03. The number of urea groups is 1. The summed E-state index contributed by atoms with van der Waals surface area (Å²) >= 11 is 0. The minimum Gasteiger partial charge on any atom is -0.469 e. The van der Waals surface area contributed by atoms with E-state index in [-0.39, 0.29) is 24.3 Å². The maximum atomic E-state index is 11.4. The highest BCUT2D eigenvalue weighted by Crippen LogP contribution is 2.16. The number of nitrogens with zero attached hydrogens (tertiary/aromatic N) is 1. The molecular formula is C10H17N3O4. The lowest BCUT2D eigenvalue weighted by atomic mass is 10.1. The summed E-state index contributed by atoms with van der Waals surface area (Å²) in [5.41, 5.74) is 0. The Balaban J connectivity index is 2.32. The van der Waals surface area contributed by atoms with Gasteiger partial charge in [-0.15, -0.1) is 0 Å². The summed E-state index contributed by atoms with van der Waals surface area (Å²) in [7, 11) is 2.79. The van der Waals surface area contributed by atoms with E-state index >= 15 is 0 Å². The van der Waals surface area contributed by atoms with Gasteiger partial charge in [0, 0.05) is 13.6 Å². The van der Waals surface area contributed by atoms with E-state index in [1.165, 1.54) is 14.2 Å². The lowest BCUT2D eigenvalue weighted by Gasteiger charge is -2.14. The minimum absolute atomic E-state index is 0.112. The van der Waals surface area contributed by atoms with E-state index in [0.29, 0.717) is 19.5 Å². The zero-order valence-corrected chi connectivity index (χ0v) is 9.99. The number of imide groups is 1. The number of nitrogens with one attached hydrogen (secondary N) is 2. The standard InChI is InChI=1S/C10H17N3O4/c1-11-10(16)12-8(14)6-13-4-3-7(5-13)9(15)17-2/h7H,3-6H2,1-2H3,(H2,11,12,14,16). The summed E-state index contributed by atoms with van der Waals surface area (Å²) in [6.07, 6.45) is 0.680. The predicted octanol–water partition coefficient (Wildman–Crippen LogP) is -1.06. The number of ether oxygens (including phenoxy) is 1. The van der Waals surface area contributed by atoms with Crippen LogP contribution >= 0.6 is 0 Å². The van der Waals surface area contributed by atoms with Crippen molar-refractivity contribution >= 4 is 17.9 Å². The van der Waals surface area contributed by atoms with E-state index in [1.807, 2.05) is 4.90 Å². The number of carbonyl (C=O) groups is 3. The fourth-order valence-electron chi connectivity index (χ4n) is 1.77. The molecule has 17 heavy (non-hydrogen) atoms. The second-order valence-corrected chi connectivity index (χ2v) is 3.87. The Morgan fingerprint density at radius 2 is 2.12 bits per heavy atom. The van der Waals surface area contributed by atoms with Gasteiger partial charge in [-0.2, -0.15) is 0 Å². The Morgan fingerprint density at radius 3 is 2.71 bits per heavy atom. The van der Waals surface area contributed by atoms with Gasteiger partial charge in [-0.25, -0.2) is 4.79 Å². The number of methoxy groups -OCH3 is 1. The second-order valence-electron chi connectivity index (χ2n) is 3.87. The number of hydrogen-bond acceptors (Lipinski definition) is 5. The highest BCUT2D eigenvalue weighted by molar-refractivity contribution is 5.95. The highest BCUT2D eigenvalue weighted by atomic mass is 16.5. The van der Waals surface area contributed by atoms with Crippen molar-refractivity contribution in [2.24, 2.45) is 5.92 Å². The highest BCUT2D eigenvalue weighted by Gasteiger charge is 2.29. The molecule has 0 radical (unpaired) electrons. The molecule has 0 spiro atoms. The largest absolute Gasteiger partial charge is 0.469 e. The van der Waals surface area contributed by atoms with Crippen LogP contribution in [0.2, 0.25) is 0 Å². The number of likely N-dealkylation sites (tertiary alicyclic amines) is 1. The SMILES string of the molecule is CNC(=O)NC(=O)CN1CCC(C(=O)OC)C1. The number of hydrogen-bond donors (Lipinski definition) is 2. The summed E-state index contributed by atoms with van der Waals surface area (Å²) in [6.45, 7) is 1.26. The van der Waals surface area contributed by atoms with Crippen molar-refractivity contribution in [1.29, 1.82) is 0 Å². The quantitative estimate of drug-likeness (QED) is 0.617. The van der Waals surface area contributed by atoms with Crippen LogP contribution in [-0.2, 0) is 14.3 Å². The van der Waals surface area contributed by atoms with Gasteiger partial charge in [-0.3, -0.25) is 19.8 Å². The van der Waals surface area contributed by atoms with Crippen molar-refractivity contribution in [3.63, 3.8) is 0 Å². The Labute approximate surface area is 99.5 Å². The molecule has 1 fully saturated rings. The average Bonchev–Trinajstić information content (AvgIpc) is 2.76. The Hall–Kier alpha value is -1.63. The Bertz CT molecular complexity index is 319. The lowest BCUT2D eigenvalue weighted by molar-refractivity contribution is -0.145. The van der Waals surface area contributed by atoms with Crippen LogP contribution in [0.5, 0.6) is 0 Å². The van der Waals surface area contributed by atoms with Crippen molar-refractivity contribution < 1.29 is 19.1 Å². The molecule has 1 rings (SSSR count). The van der Waals surface area contributed by atoms with E-state index in [9.17, 15) is 14.4 Å². The second kappa shape index (κ2) is 6.19.